The molecule has 0 spiro atoms. The quantitative estimate of drug-likeness (QED) is 0.865. The van der Waals surface area contributed by atoms with Crippen LogP contribution in [0.2, 0.25) is 0 Å². The summed E-state index contributed by atoms with van der Waals surface area (Å²) < 4.78 is 98.1. The molecule has 0 unspecified atom stereocenters. The van der Waals surface area contributed by atoms with E-state index in [1.165, 1.54) is 4.72 Å². The van der Waals surface area contributed by atoms with Gasteiger partial charge in [-0.05, 0) is 6.92 Å². The van der Waals surface area contributed by atoms with Crippen LogP contribution in [0.25, 0.3) is 0 Å². The van der Waals surface area contributed by atoms with Crippen LogP contribution in [-0.2, 0) is 23.2 Å². The van der Waals surface area contributed by atoms with Crippen LogP contribution in [-0.4, -0.2) is 30.1 Å². The molecule has 1 aromatic heterocycles. The second-order valence-corrected chi connectivity index (χ2v) is 5.64. The predicted octanol–water partition coefficient (Wildman–Crippen LogP) is 2.05. The number of aromatic nitrogens is 2. The van der Waals surface area contributed by atoms with Crippen molar-refractivity contribution in [2.24, 2.45) is 7.05 Å². The van der Waals surface area contributed by atoms with Crippen molar-refractivity contribution in [2.75, 3.05) is 10.5 Å². The van der Waals surface area contributed by atoms with Gasteiger partial charge in [-0.1, -0.05) is 0 Å². The number of halogens is 6. The number of anilines is 1. The highest BCUT2D eigenvalue weighted by Gasteiger charge is 2.39. The Morgan fingerprint density at radius 3 is 2.05 bits per heavy atom. The standard InChI is InChI=1S/C8H9F6N3O2S/c1-4-5(8(12,13)14)15-17(2)6(4)16-20(18,19)3-7(9,10)11/h16H,3H2,1-2H3. The minimum Gasteiger partial charge on any atom is -0.267 e. The molecule has 0 amide bonds. The Balaban J connectivity index is 3.15. The minimum absolute atomic E-state index is 0.520. The Hall–Kier alpha value is -1.46. The zero-order chi connectivity index (χ0) is 15.9. The summed E-state index contributed by atoms with van der Waals surface area (Å²) in [5.41, 5.74) is -1.98. The normalized spacial score (nSPS) is 13.6. The number of hydrogen-bond acceptors (Lipinski definition) is 3. The van der Waals surface area contributed by atoms with Crippen molar-refractivity contribution in [2.45, 2.75) is 19.3 Å². The highest BCUT2D eigenvalue weighted by Crippen LogP contribution is 2.34. The summed E-state index contributed by atoms with van der Waals surface area (Å²) in [4.78, 5) is 0. The Bertz CT molecular complexity index is 601. The molecule has 1 aromatic rings. The Kier molecular flexibility index (Phi) is 4.00. The molecule has 0 aromatic carbocycles. The van der Waals surface area contributed by atoms with Gasteiger partial charge < -0.3 is 0 Å². The fourth-order valence-corrected chi connectivity index (χ4v) is 2.52. The maximum atomic E-state index is 12.5. The Morgan fingerprint density at radius 1 is 1.20 bits per heavy atom. The molecule has 5 nitrogen and oxygen atoms in total. The van der Waals surface area contributed by atoms with E-state index in [-0.39, 0.29) is 0 Å². The van der Waals surface area contributed by atoms with E-state index in [1.54, 1.807) is 0 Å². The zero-order valence-corrected chi connectivity index (χ0v) is 10.9. The van der Waals surface area contributed by atoms with Gasteiger partial charge in [0, 0.05) is 12.6 Å². The van der Waals surface area contributed by atoms with Gasteiger partial charge in [-0.15, -0.1) is 0 Å². The summed E-state index contributed by atoms with van der Waals surface area (Å²) in [5, 5.41) is 3.05. The maximum Gasteiger partial charge on any atom is 0.435 e. The molecule has 1 heterocycles. The second kappa shape index (κ2) is 4.82. The average Bonchev–Trinajstić information content (AvgIpc) is 2.40. The number of nitrogens with zero attached hydrogens (tertiary/aromatic N) is 2. The summed E-state index contributed by atoms with van der Waals surface area (Å²) in [6, 6.07) is 0. The van der Waals surface area contributed by atoms with Gasteiger partial charge in [0.1, 0.15) is 5.82 Å². The van der Waals surface area contributed by atoms with Gasteiger partial charge in [0.25, 0.3) is 0 Å². The molecule has 0 saturated carbocycles. The van der Waals surface area contributed by atoms with E-state index < -0.39 is 45.2 Å². The SMILES string of the molecule is Cc1c(C(F)(F)F)nn(C)c1NS(=O)(=O)CC(F)(F)F. The molecule has 1 rings (SSSR count). The summed E-state index contributed by atoms with van der Waals surface area (Å²) in [6.07, 6.45) is -9.85. The Labute approximate surface area is 109 Å². The molecule has 0 fully saturated rings. The highest BCUT2D eigenvalue weighted by atomic mass is 32.2. The van der Waals surface area contributed by atoms with Crippen LogP contribution in [0.3, 0.4) is 0 Å². The van der Waals surface area contributed by atoms with Gasteiger partial charge in [0.15, 0.2) is 11.4 Å². The number of sulfonamides is 1. The van der Waals surface area contributed by atoms with Crippen LogP contribution < -0.4 is 4.72 Å². The molecule has 0 aliphatic heterocycles. The number of aryl methyl sites for hydroxylation is 1. The van der Waals surface area contributed by atoms with Crippen LogP contribution in [0, 0.1) is 6.92 Å². The lowest BCUT2D eigenvalue weighted by molar-refractivity contribution is -0.141. The third-order valence-corrected chi connectivity index (χ3v) is 3.37. The average molecular weight is 325 g/mol. The van der Waals surface area contributed by atoms with Gasteiger partial charge in [-0.3, -0.25) is 9.40 Å². The molecule has 20 heavy (non-hydrogen) atoms. The van der Waals surface area contributed by atoms with Crippen molar-refractivity contribution in [3.05, 3.63) is 11.3 Å². The molecule has 1 N–H and O–H groups in total. The molecule has 0 bridgehead atoms. The van der Waals surface area contributed by atoms with E-state index in [1.807, 2.05) is 0 Å². The van der Waals surface area contributed by atoms with E-state index in [0.717, 1.165) is 14.0 Å². The van der Waals surface area contributed by atoms with Crippen molar-refractivity contribution >= 4 is 15.8 Å². The maximum absolute atomic E-state index is 12.5. The third kappa shape index (κ3) is 4.02. The molecule has 116 valence electrons. The van der Waals surface area contributed by atoms with Crippen LogP contribution in [0.5, 0.6) is 0 Å². The fraction of sp³-hybridized carbons (Fsp3) is 0.625. The van der Waals surface area contributed by atoms with Crippen LogP contribution in [0.15, 0.2) is 0 Å². The first kappa shape index (κ1) is 16.6. The lowest BCUT2D eigenvalue weighted by atomic mass is 10.2. The summed E-state index contributed by atoms with van der Waals surface area (Å²) in [5.74, 6) is -2.87. The predicted molar refractivity (Wildman–Crippen MR) is 56.4 cm³/mol. The van der Waals surface area contributed by atoms with Crippen LogP contribution in [0.1, 0.15) is 11.3 Å². The van der Waals surface area contributed by atoms with Crippen molar-refractivity contribution in [1.82, 2.24) is 9.78 Å². The smallest absolute Gasteiger partial charge is 0.267 e. The van der Waals surface area contributed by atoms with Crippen molar-refractivity contribution < 1.29 is 34.8 Å². The Morgan fingerprint density at radius 2 is 1.70 bits per heavy atom. The summed E-state index contributed by atoms with van der Waals surface area (Å²) in [6.45, 7) is 0.904. The van der Waals surface area contributed by atoms with Crippen molar-refractivity contribution in [3.8, 4) is 0 Å². The lowest BCUT2D eigenvalue weighted by Crippen LogP contribution is -2.28. The summed E-state index contributed by atoms with van der Waals surface area (Å²) >= 11 is 0. The van der Waals surface area contributed by atoms with E-state index >= 15 is 0 Å². The lowest BCUT2D eigenvalue weighted by Gasteiger charge is -2.11. The first-order valence-electron chi connectivity index (χ1n) is 4.91. The van der Waals surface area contributed by atoms with Gasteiger partial charge >= 0.3 is 12.4 Å². The number of alkyl halides is 6. The molecule has 12 heteroatoms. The molecule has 0 aliphatic rings. The first-order valence-corrected chi connectivity index (χ1v) is 6.56. The molecular formula is C8H9F6N3O2S. The number of nitrogens with one attached hydrogen (secondary N) is 1. The molecule has 0 radical (unpaired) electrons. The van der Waals surface area contributed by atoms with Crippen molar-refractivity contribution in [1.29, 1.82) is 0 Å². The summed E-state index contributed by atoms with van der Waals surface area (Å²) in [7, 11) is -3.89. The molecule has 0 saturated heterocycles. The van der Waals surface area contributed by atoms with Gasteiger partial charge in [-0.2, -0.15) is 31.4 Å². The number of rotatable bonds is 3. The first-order chi connectivity index (χ1) is 8.73. The van der Waals surface area contributed by atoms with E-state index in [2.05, 4.69) is 5.10 Å². The zero-order valence-electron chi connectivity index (χ0n) is 10.1. The van der Waals surface area contributed by atoms with Gasteiger partial charge in [0.05, 0.1) is 0 Å². The van der Waals surface area contributed by atoms with Crippen molar-refractivity contribution in [3.63, 3.8) is 0 Å². The van der Waals surface area contributed by atoms with Crippen LogP contribution in [0.4, 0.5) is 32.2 Å². The molecule has 0 atom stereocenters. The van der Waals surface area contributed by atoms with Gasteiger partial charge in [0.2, 0.25) is 10.0 Å². The van der Waals surface area contributed by atoms with E-state index in [0.29, 0.717) is 4.68 Å². The van der Waals surface area contributed by atoms with E-state index in [9.17, 15) is 34.8 Å². The van der Waals surface area contributed by atoms with E-state index in [4.69, 9.17) is 0 Å². The molecular weight excluding hydrogens is 316 g/mol. The highest BCUT2D eigenvalue weighted by molar-refractivity contribution is 7.92. The molecule has 0 aliphatic carbocycles. The minimum atomic E-state index is -5.01. The van der Waals surface area contributed by atoms with Crippen LogP contribution >= 0.6 is 0 Å². The topological polar surface area (TPSA) is 64.0 Å². The fourth-order valence-electron chi connectivity index (χ4n) is 1.44. The monoisotopic (exact) mass is 325 g/mol. The largest absolute Gasteiger partial charge is 0.435 e. The number of hydrogen-bond donors (Lipinski definition) is 1. The second-order valence-electron chi connectivity index (χ2n) is 3.92. The van der Waals surface area contributed by atoms with Gasteiger partial charge in [-0.25, -0.2) is 8.42 Å². The third-order valence-electron chi connectivity index (χ3n) is 2.16.